The molecule has 178 valence electrons. The first kappa shape index (κ1) is 25.7. The number of alkyl halides is 3. The van der Waals surface area contributed by atoms with E-state index in [1.54, 1.807) is 6.07 Å². The molecule has 0 heterocycles. The number of aliphatic carboxylic acids is 1. The third-order valence-corrected chi connectivity index (χ3v) is 4.59. The summed E-state index contributed by atoms with van der Waals surface area (Å²) < 4.78 is 43.6. The van der Waals surface area contributed by atoms with Crippen molar-refractivity contribution < 1.29 is 32.6 Å². The molecule has 0 saturated carbocycles. The number of halogens is 3. The Hall–Kier alpha value is -3.56. The van der Waals surface area contributed by atoms with E-state index in [-0.39, 0.29) is 5.69 Å². The molecule has 0 unspecified atom stereocenters. The smallest absolute Gasteiger partial charge is 0.416 e. The highest BCUT2D eigenvalue weighted by molar-refractivity contribution is 5.88. The maximum Gasteiger partial charge on any atom is 0.416 e. The number of carboxylic acids is 1. The molecule has 2 rings (SSSR count). The van der Waals surface area contributed by atoms with Crippen molar-refractivity contribution in [3.05, 3.63) is 59.2 Å². The first-order valence-electron chi connectivity index (χ1n) is 10.3. The van der Waals surface area contributed by atoms with Gasteiger partial charge in [0, 0.05) is 13.0 Å². The molecule has 0 spiro atoms. The second kappa shape index (κ2) is 11.9. The van der Waals surface area contributed by atoms with Crippen LogP contribution in [0.4, 0.5) is 18.9 Å². The molecular formula is C23H26F3N3O4. The molecule has 0 bridgehead atoms. The zero-order chi connectivity index (χ0) is 24.4. The topological polar surface area (TPSA) is 91.2 Å². The molecule has 0 aliphatic heterocycles. The molecule has 0 radical (unpaired) electrons. The summed E-state index contributed by atoms with van der Waals surface area (Å²) in [5.74, 6) is -0.0737. The number of carboxylic acid groups (broad SMARTS) is 1. The number of aryl methyl sites for hydroxylation is 2. The molecule has 0 aliphatic rings. The molecule has 2 N–H and O–H groups in total. The molecule has 0 saturated heterocycles. The largest absolute Gasteiger partial charge is 0.482 e. The van der Waals surface area contributed by atoms with Crippen molar-refractivity contribution in [2.45, 2.75) is 39.3 Å². The molecule has 0 atom stereocenters. The zero-order valence-electron chi connectivity index (χ0n) is 18.4. The number of aliphatic imine (C=N–C) groups is 1. The molecule has 10 heteroatoms. The van der Waals surface area contributed by atoms with Crippen LogP contribution >= 0.6 is 0 Å². The van der Waals surface area contributed by atoms with Gasteiger partial charge in [-0.2, -0.15) is 13.2 Å². The summed E-state index contributed by atoms with van der Waals surface area (Å²) in [5, 5.41) is 9.82. The summed E-state index contributed by atoms with van der Waals surface area (Å²) in [7, 11) is 0. The summed E-state index contributed by atoms with van der Waals surface area (Å²) in [5.41, 5.74) is 4.07. The van der Waals surface area contributed by atoms with Crippen molar-refractivity contribution in [1.29, 1.82) is 0 Å². The highest BCUT2D eigenvalue weighted by Gasteiger charge is 2.30. The van der Waals surface area contributed by atoms with E-state index in [0.29, 0.717) is 37.4 Å². The Morgan fingerprint density at radius 3 is 2.45 bits per heavy atom. The Bertz CT molecular complexity index is 976. The fraction of sp³-hybridized carbons (Fsp3) is 0.348. The highest BCUT2D eigenvalue weighted by atomic mass is 19.4. The van der Waals surface area contributed by atoms with Crippen LogP contribution in [0.2, 0.25) is 0 Å². The summed E-state index contributed by atoms with van der Waals surface area (Å²) in [4.78, 5) is 26.7. The Balaban J connectivity index is 2.09. The van der Waals surface area contributed by atoms with E-state index in [1.807, 2.05) is 26.0 Å². The number of amidine groups is 1. The lowest BCUT2D eigenvalue weighted by Crippen LogP contribution is -2.42. The van der Waals surface area contributed by atoms with Gasteiger partial charge in [0.2, 0.25) is 6.41 Å². The molecule has 0 fully saturated rings. The number of hydrogen-bond donors (Lipinski definition) is 2. The minimum Gasteiger partial charge on any atom is -0.482 e. The molecule has 0 aliphatic carbocycles. The van der Waals surface area contributed by atoms with Gasteiger partial charge in [0.15, 0.2) is 6.61 Å². The Morgan fingerprint density at radius 2 is 1.91 bits per heavy atom. The number of carbonyl (C=O) groups excluding carboxylic acids is 1. The van der Waals surface area contributed by atoms with Crippen molar-refractivity contribution in [3.63, 3.8) is 0 Å². The van der Waals surface area contributed by atoms with Gasteiger partial charge in [-0.1, -0.05) is 19.1 Å². The third-order valence-electron chi connectivity index (χ3n) is 4.59. The van der Waals surface area contributed by atoms with Crippen LogP contribution in [-0.2, 0) is 22.2 Å². The SMILES string of the molecule is CCCN=C(CCc1ccc(OCC(=O)O)c(C)c1)NN(C=O)c1ccc(C(F)(F)F)cc1. The van der Waals surface area contributed by atoms with Gasteiger partial charge in [0.25, 0.3) is 0 Å². The number of benzene rings is 2. The molecule has 0 aromatic heterocycles. The summed E-state index contributed by atoms with van der Waals surface area (Å²) in [6, 6.07) is 9.63. The van der Waals surface area contributed by atoms with E-state index in [0.717, 1.165) is 34.7 Å². The lowest BCUT2D eigenvalue weighted by atomic mass is 10.1. The van der Waals surface area contributed by atoms with Crippen LogP contribution in [0.1, 0.15) is 36.5 Å². The Morgan fingerprint density at radius 1 is 1.21 bits per heavy atom. The molecule has 2 aromatic carbocycles. The van der Waals surface area contributed by atoms with E-state index < -0.39 is 24.3 Å². The second-order valence-corrected chi connectivity index (χ2v) is 7.24. The molecule has 1 amide bonds. The maximum absolute atomic E-state index is 12.8. The van der Waals surface area contributed by atoms with Crippen molar-refractivity contribution >= 4 is 23.9 Å². The molecular weight excluding hydrogens is 439 g/mol. The minimum atomic E-state index is -4.46. The number of nitrogens with one attached hydrogen (secondary N) is 1. The third kappa shape index (κ3) is 8.13. The van der Waals surface area contributed by atoms with Crippen LogP contribution in [0, 0.1) is 6.92 Å². The number of anilines is 1. The Kier molecular flexibility index (Phi) is 9.26. The average Bonchev–Trinajstić information content (AvgIpc) is 2.77. The number of nitrogens with zero attached hydrogens (tertiary/aromatic N) is 2. The molecule has 7 nitrogen and oxygen atoms in total. The lowest BCUT2D eigenvalue weighted by molar-refractivity contribution is -0.139. The first-order valence-corrected chi connectivity index (χ1v) is 10.3. The standard InChI is InChI=1S/C23H26F3N3O4/c1-3-12-27-21(11-5-17-4-10-20(16(2)13-17)33-14-22(31)32)28-29(15-30)19-8-6-18(7-9-19)23(24,25)26/h4,6-10,13,15H,3,5,11-12,14H2,1-2H3,(H,27,28)(H,31,32). The number of amides is 1. The maximum atomic E-state index is 12.8. The number of hydrazine groups is 1. The van der Waals surface area contributed by atoms with Gasteiger partial charge in [-0.15, -0.1) is 0 Å². The van der Waals surface area contributed by atoms with Crippen LogP contribution in [0.3, 0.4) is 0 Å². The van der Waals surface area contributed by atoms with Gasteiger partial charge in [-0.25, -0.2) is 9.80 Å². The quantitative estimate of drug-likeness (QED) is 0.222. The highest BCUT2D eigenvalue weighted by Crippen LogP contribution is 2.30. The fourth-order valence-corrected chi connectivity index (χ4v) is 2.95. The van der Waals surface area contributed by atoms with E-state index in [4.69, 9.17) is 9.84 Å². The number of rotatable bonds is 11. The van der Waals surface area contributed by atoms with Crippen LogP contribution < -0.4 is 15.2 Å². The fourth-order valence-electron chi connectivity index (χ4n) is 2.95. The summed E-state index contributed by atoms with van der Waals surface area (Å²) >= 11 is 0. The van der Waals surface area contributed by atoms with Gasteiger partial charge >= 0.3 is 12.1 Å². The predicted octanol–water partition coefficient (Wildman–Crippen LogP) is 4.39. The zero-order valence-corrected chi connectivity index (χ0v) is 18.4. The second-order valence-electron chi connectivity index (χ2n) is 7.24. The summed E-state index contributed by atoms with van der Waals surface area (Å²) in [6.07, 6.45) is -2.20. The van der Waals surface area contributed by atoms with Crippen molar-refractivity contribution in [2.75, 3.05) is 18.2 Å². The first-order chi connectivity index (χ1) is 15.6. The van der Waals surface area contributed by atoms with E-state index in [1.165, 1.54) is 12.1 Å². The van der Waals surface area contributed by atoms with E-state index in [9.17, 15) is 22.8 Å². The predicted molar refractivity (Wildman–Crippen MR) is 118 cm³/mol. The number of ether oxygens (including phenoxy) is 1. The van der Waals surface area contributed by atoms with Gasteiger partial charge in [0.1, 0.15) is 11.6 Å². The normalized spacial score (nSPS) is 11.7. The average molecular weight is 465 g/mol. The van der Waals surface area contributed by atoms with Crippen LogP contribution in [0.25, 0.3) is 0 Å². The van der Waals surface area contributed by atoms with Gasteiger partial charge in [-0.3, -0.25) is 15.2 Å². The van der Waals surface area contributed by atoms with E-state index >= 15 is 0 Å². The van der Waals surface area contributed by atoms with Crippen LogP contribution in [0.5, 0.6) is 5.75 Å². The molecule has 33 heavy (non-hydrogen) atoms. The number of carbonyl (C=O) groups is 2. The van der Waals surface area contributed by atoms with E-state index in [2.05, 4.69) is 10.4 Å². The summed E-state index contributed by atoms with van der Waals surface area (Å²) in [6.45, 7) is 3.85. The molecule has 2 aromatic rings. The Labute approximate surface area is 189 Å². The van der Waals surface area contributed by atoms with Crippen molar-refractivity contribution in [1.82, 2.24) is 5.43 Å². The van der Waals surface area contributed by atoms with Gasteiger partial charge in [0.05, 0.1) is 11.3 Å². The van der Waals surface area contributed by atoms with Crippen LogP contribution in [-0.4, -0.2) is 36.5 Å². The lowest BCUT2D eigenvalue weighted by Gasteiger charge is -2.22. The number of hydrogen-bond acceptors (Lipinski definition) is 4. The van der Waals surface area contributed by atoms with Gasteiger partial charge in [-0.05, 0) is 61.2 Å². The van der Waals surface area contributed by atoms with Crippen LogP contribution in [0.15, 0.2) is 47.5 Å². The van der Waals surface area contributed by atoms with Crippen molar-refractivity contribution in [2.24, 2.45) is 4.99 Å². The minimum absolute atomic E-state index is 0.248. The van der Waals surface area contributed by atoms with Gasteiger partial charge < -0.3 is 9.84 Å². The van der Waals surface area contributed by atoms with Crippen molar-refractivity contribution in [3.8, 4) is 5.75 Å². The monoisotopic (exact) mass is 465 g/mol.